The Bertz CT molecular complexity index is 352. The number of carbonyl (C=O) groups excluding carboxylic acids is 1. The average molecular weight is 207 g/mol. The van der Waals surface area contributed by atoms with Crippen LogP contribution in [0.2, 0.25) is 0 Å². The molecule has 0 saturated heterocycles. The fourth-order valence-electron chi connectivity index (χ4n) is 1.12. The van der Waals surface area contributed by atoms with Gasteiger partial charge in [0.2, 0.25) is 6.41 Å². The largest absolute Gasteiger partial charge is 0.297 e. The number of hydrogen-bond donors (Lipinski definition) is 2. The first-order valence-corrected chi connectivity index (χ1v) is 4.87. The molecule has 0 aromatic heterocycles. The highest BCUT2D eigenvalue weighted by atomic mass is 32.2. The normalized spacial score (nSPS) is 15.9. The maximum Gasteiger partial charge on any atom is 0.223 e. The number of rotatable bonds is 3. The van der Waals surface area contributed by atoms with E-state index in [0.29, 0.717) is 6.41 Å². The number of benzene rings is 1. The highest BCUT2D eigenvalue weighted by Gasteiger charge is 2.14. The molecule has 0 aliphatic carbocycles. The SMILES string of the molecule is O=CNN1NC=C(c2ccccc2)S1. The highest BCUT2D eigenvalue weighted by molar-refractivity contribution is 8.06. The van der Waals surface area contributed by atoms with Crippen LogP contribution in [0.15, 0.2) is 36.5 Å². The van der Waals surface area contributed by atoms with Crippen molar-refractivity contribution >= 4 is 23.3 Å². The van der Waals surface area contributed by atoms with Crippen LogP contribution < -0.4 is 10.9 Å². The molecular formula is C9H9N3OS. The first-order chi connectivity index (χ1) is 6.90. The molecule has 0 radical (unpaired) electrons. The van der Waals surface area contributed by atoms with Gasteiger partial charge in [0.05, 0.1) is 4.91 Å². The minimum absolute atomic E-state index is 0.627. The van der Waals surface area contributed by atoms with E-state index in [-0.39, 0.29) is 0 Å². The lowest BCUT2D eigenvalue weighted by Crippen LogP contribution is -2.36. The molecule has 0 atom stereocenters. The molecule has 0 saturated carbocycles. The Balaban J connectivity index is 2.05. The maximum absolute atomic E-state index is 10.2. The molecule has 2 rings (SSSR count). The Morgan fingerprint density at radius 2 is 2.14 bits per heavy atom. The zero-order valence-corrected chi connectivity index (χ0v) is 8.12. The summed E-state index contributed by atoms with van der Waals surface area (Å²) in [5.41, 5.74) is 6.52. The van der Waals surface area contributed by atoms with Gasteiger partial charge in [0.1, 0.15) is 0 Å². The van der Waals surface area contributed by atoms with E-state index >= 15 is 0 Å². The second-order valence-electron chi connectivity index (χ2n) is 2.64. The van der Waals surface area contributed by atoms with Crippen LogP contribution in [0.1, 0.15) is 5.56 Å². The van der Waals surface area contributed by atoms with Crippen molar-refractivity contribution in [1.82, 2.24) is 15.4 Å². The summed E-state index contributed by atoms with van der Waals surface area (Å²) in [5, 5.41) is 0. The van der Waals surface area contributed by atoms with Crippen LogP contribution in [0, 0.1) is 0 Å². The number of amides is 1. The van der Waals surface area contributed by atoms with Crippen LogP contribution in [-0.4, -0.2) is 10.9 Å². The summed E-state index contributed by atoms with van der Waals surface area (Å²) in [6.45, 7) is 0. The Kier molecular flexibility index (Phi) is 2.71. The first-order valence-electron chi connectivity index (χ1n) is 4.10. The van der Waals surface area contributed by atoms with Crippen molar-refractivity contribution in [2.24, 2.45) is 0 Å². The molecule has 0 bridgehead atoms. The van der Waals surface area contributed by atoms with Gasteiger partial charge in [0, 0.05) is 18.1 Å². The smallest absolute Gasteiger partial charge is 0.223 e. The third-order valence-electron chi connectivity index (χ3n) is 1.73. The highest BCUT2D eigenvalue weighted by Crippen LogP contribution is 2.31. The Morgan fingerprint density at radius 1 is 1.36 bits per heavy atom. The summed E-state index contributed by atoms with van der Waals surface area (Å²) >= 11 is 1.43. The lowest BCUT2D eigenvalue weighted by atomic mass is 10.2. The molecule has 1 aliphatic heterocycles. The molecule has 1 aromatic rings. The van der Waals surface area contributed by atoms with E-state index < -0.39 is 0 Å². The van der Waals surface area contributed by atoms with Crippen molar-refractivity contribution in [3.63, 3.8) is 0 Å². The van der Waals surface area contributed by atoms with E-state index in [0.717, 1.165) is 10.5 Å². The number of carbonyl (C=O) groups is 1. The van der Waals surface area contributed by atoms with Crippen molar-refractivity contribution in [2.45, 2.75) is 0 Å². The van der Waals surface area contributed by atoms with E-state index in [9.17, 15) is 4.79 Å². The number of hydrazine groups is 2. The van der Waals surface area contributed by atoms with Crippen molar-refractivity contribution in [3.8, 4) is 0 Å². The predicted octanol–water partition coefficient (Wildman–Crippen LogP) is 1.11. The standard InChI is InChI=1S/C9H9N3OS/c13-7-11-12-10-6-9(14-12)8-4-2-1-3-5-8/h1-7,10H,(H,11,13). The molecule has 1 aliphatic rings. The van der Waals surface area contributed by atoms with E-state index in [1.54, 1.807) is 0 Å². The summed E-state index contributed by atoms with van der Waals surface area (Å²) in [6.07, 6.45) is 2.47. The lowest BCUT2D eigenvalue weighted by Gasteiger charge is -2.11. The molecule has 14 heavy (non-hydrogen) atoms. The average Bonchev–Trinajstić information content (AvgIpc) is 2.68. The number of nitrogens with one attached hydrogen (secondary N) is 2. The second-order valence-corrected chi connectivity index (χ2v) is 3.62. The first kappa shape index (κ1) is 9.11. The van der Waals surface area contributed by atoms with Gasteiger partial charge in [0.15, 0.2) is 0 Å². The van der Waals surface area contributed by atoms with Crippen molar-refractivity contribution in [1.29, 1.82) is 0 Å². The van der Waals surface area contributed by atoms with E-state index in [4.69, 9.17) is 0 Å². The lowest BCUT2D eigenvalue weighted by molar-refractivity contribution is -0.112. The minimum atomic E-state index is 0.627. The zero-order valence-electron chi connectivity index (χ0n) is 7.31. The molecule has 0 fully saturated rings. The molecule has 2 N–H and O–H groups in total. The van der Waals surface area contributed by atoms with Crippen LogP contribution >= 0.6 is 11.9 Å². The molecular weight excluding hydrogens is 198 g/mol. The van der Waals surface area contributed by atoms with Crippen LogP contribution in [0.5, 0.6) is 0 Å². The third kappa shape index (κ3) is 1.89. The number of hydrogen-bond acceptors (Lipinski definition) is 4. The van der Waals surface area contributed by atoms with Gasteiger partial charge in [-0.25, -0.2) is 0 Å². The summed E-state index contributed by atoms with van der Waals surface area (Å²) < 4.78 is 1.54. The molecule has 1 heterocycles. The van der Waals surface area contributed by atoms with E-state index in [2.05, 4.69) is 10.9 Å². The van der Waals surface area contributed by atoms with Gasteiger partial charge in [-0.2, -0.15) is 0 Å². The molecule has 72 valence electrons. The molecule has 5 heteroatoms. The molecule has 1 amide bonds. The minimum Gasteiger partial charge on any atom is -0.297 e. The van der Waals surface area contributed by atoms with Gasteiger partial charge < -0.3 is 0 Å². The topological polar surface area (TPSA) is 44.4 Å². The van der Waals surface area contributed by atoms with Gasteiger partial charge in [0.25, 0.3) is 0 Å². The van der Waals surface area contributed by atoms with Crippen LogP contribution in [0.4, 0.5) is 0 Å². The monoisotopic (exact) mass is 207 g/mol. The van der Waals surface area contributed by atoms with Gasteiger partial charge in [-0.1, -0.05) is 34.9 Å². The fourth-order valence-corrected chi connectivity index (χ4v) is 1.86. The number of nitrogens with zero attached hydrogens (tertiary/aromatic N) is 1. The Labute approximate surface area is 86.1 Å². The van der Waals surface area contributed by atoms with Gasteiger partial charge in [-0.3, -0.25) is 15.6 Å². The van der Waals surface area contributed by atoms with Gasteiger partial charge in [-0.05, 0) is 5.56 Å². The van der Waals surface area contributed by atoms with Crippen LogP contribution in [0.3, 0.4) is 0 Å². The summed E-state index contributed by atoms with van der Waals surface area (Å²) in [5.74, 6) is 0. The summed E-state index contributed by atoms with van der Waals surface area (Å²) in [4.78, 5) is 11.2. The zero-order chi connectivity index (χ0) is 9.80. The molecule has 0 unspecified atom stereocenters. The summed E-state index contributed by atoms with van der Waals surface area (Å²) in [7, 11) is 0. The fraction of sp³-hybridized carbons (Fsp3) is 0. The third-order valence-corrected chi connectivity index (χ3v) is 2.67. The van der Waals surface area contributed by atoms with Crippen LogP contribution in [0.25, 0.3) is 4.91 Å². The predicted molar refractivity (Wildman–Crippen MR) is 56.2 cm³/mol. The van der Waals surface area contributed by atoms with E-state index in [1.165, 1.54) is 16.5 Å². The Hall–Kier alpha value is -1.46. The quantitative estimate of drug-likeness (QED) is 0.576. The van der Waals surface area contributed by atoms with Gasteiger partial charge >= 0.3 is 0 Å². The van der Waals surface area contributed by atoms with E-state index in [1.807, 2.05) is 36.5 Å². The van der Waals surface area contributed by atoms with Crippen LogP contribution in [-0.2, 0) is 4.79 Å². The van der Waals surface area contributed by atoms with Crippen molar-refractivity contribution in [3.05, 3.63) is 42.1 Å². The summed E-state index contributed by atoms with van der Waals surface area (Å²) in [6, 6.07) is 9.97. The molecule has 4 nitrogen and oxygen atoms in total. The van der Waals surface area contributed by atoms with Gasteiger partial charge in [-0.15, -0.1) is 0 Å². The maximum atomic E-state index is 10.2. The molecule has 0 spiro atoms. The molecule has 1 aromatic carbocycles. The second kappa shape index (κ2) is 4.17. The van der Waals surface area contributed by atoms with Crippen molar-refractivity contribution in [2.75, 3.05) is 0 Å². The van der Waals surface area contributed by atoms with Crippen molar-refractivity contribution < 1.29 is 4.79 Å². The Morgan fingerprint density at radius 3 is 2.86 bits per heavy atom.